The lowest BCUT2D eigenvalue weighted by atomic mass is 10.1. The fraction of sp³-hybridized carbons (Fsp3) is 0.0333. The van der Waals surface area contributed by atoms with Crippen LogP contribution < -0.4 is 10.3 Å². The normalized spacial score (nSPS) is 12.3. The van der Waals surface area contributed by atoms with E-state index in [4.69, 9.17) is 16.3 Å². The summed E-state index contributed by atoms with van der Waals surface area (Å²) in [5, 5.41) is 0.258. The van der Waals surface area contributed by atoms with E-state index in [9.17, 15) is 26.6 Å². The van der Waals surface area contributed by atoms with Crippen molar-refractivity contribution in [3.05, 3.63) is 124 Å². The van der Waals surface area contributed by atoms with Crippen LogP contribution in [0.2, 0.25) is 5.02 Å². The summed E-state index contributed by atoms with van der Waals surface area (Å²) < 4.78 is 76.8. The minimum Gasteiger partial charge on any atom is -0.438 e. The minimum atomic E-state index is -4.91. The first-order chi connectivity index (χ1) is 21.1. The monoisotopic (exact) mass is 637 g/mol. The average Bonchev–Trinajstić information content (AvgIpc) is 3.01. The standard InChI is InChI=1S/C30H16ClF4N5O3S/c31-17-6-8-20(23(32)12-17)27-25(4-3-11-37-27)40-16-39-28(41)21-13-18(7-9-24(21)40)43-29-22(30(33,34)35)14-19(15-38-29)44(42)26-5-1-2-10-36-26/h1-16H. The molecule has 6 rings (SSSR count). The smallest absolute Gasteiger partial charge is 0.421 e. The Morgan fingerprint density at radius 3 is 2.45 bits per heavy atom. The zero-order valence-electron chi connectivity index (χ0n) is 22.0. The average molecular weight is 638 g/mol. The highest BCUT2D eigenvalue weighted by Gasteiger charge is 2.36. The summed E-state index contributed by atoms with van der Waals surface area (Å²) in [7, 11) is -2.02. The fourth-order valence-corrected chi connectivity index (χ4v) is 5.51. The number of hydrogen-bond acceptors (Lipinski definition) is 7. The van der Waals surface area contributed by atoms with E-state index in [0.29, 0.717) is 17.3 Å². The van der Waals surface area contributed by atoms with Crippen LogP contribution in [0.5, 0.6) is 11.6 Å². The van der Waals surface area contributed by atoms with E-state index in [1.807, 2.05) is 0 Å². The first-order valence-electron chi connectivity index (χ1n) is 12.6. The van der Waals surface area contributed by atoms with Crippen molar-refractivity contribution in [3.8, 4) is 28.6 Å². The molecule has 4 aromatic heterocycles. The highest BCUT2D eigenvalue weighted by atomic mass is 35.5. The van der Waals surface area contributed by atoms with E-state index in [0.717, 1.165) is 12.3 Å². The highest BCUT2D eigenvalue weighted by Crippen LogP contribution is 2.39. The Balaban J connectivity index is 1.41. The lowest BCUT2D eigenvalue weighted by molar-refractivity contribution is -0.139. The molecule has 2 aromatic carbocycles. The van der Waals surface area contributed by atoms with Crippen LogP contribution >= 0.6 is 11.6 Å². The number of fused-ring (bicyclic) bond motifs is 1. The molecule has 0 N–H and O–H groups in total. The fourth-order valence-electron chi connectivity index (χ4n) is 4.38. The summed E-state index contributed by atoms with van der Waals surface area (Å²) in [5.74, 6) is -1.56. The van der Waals surface area contributed by atoms with Gasteiger partial charge in [0.05, 0.1) is 27.2 Å². The molecule has 0 fully saturated rings. The van der Waals surface area contributed by atoms with E-state index in [2.05, 4.69) is 19.9 Å². The summed E-state index contributed by atoms with van der Waals surface area (Å²) in [5.41, 5.74) is -0.905. The van der Waals surface area contributed by atoms with Gasteiger partial charge in [-0.2, -0.15) is 18.2 Å². The van der Waals surface area contributed by atoms with Gasteiger partial charge in [-0.1, -0.05) is 17.7 Å². The quantitative estimate of drug-likeness (QED) is 0.181. The van der Waals surface area contributed by atoms with Crippen LogP contribution in [0.3, 0.4) is 0 Å². The molecule has 0 aliphatic rings. The van der Waals surface area contributed by atoms with Crippen LogP contribution in [0.4, 0.5) is 17.6 Å². The third kappa shape index (κ3) is 5.66. The topological polar surface area (TPSA) is 99.9 Å². The Morgan fingerprint density at radius 2 is 1.70 bits per heavy atom. The second-order valence-electron chi connectivity index (χ2n) is 9.15. The number of benzene rings is 2. The summed E-state index contributed by atoms with van der Waals surface area (Å²) in [6, 6.07) is 16.6. The van der Waals surface area contributed by atoms with Crippen molar-refractivity contribution < 1.29 is 26.5 Å². The Kier molecular flexibility index (Phi) is 7.66. The van der Waals surface area contributed by atoms with Gasteiger partial charge in [0.1, 0.15) is 39.3 Å². The third-order valence-corrected chi connectivity index (χ3v) is 7.88. The van der Waals surface area contributed by atoms with Gasteiger partial charge >= 0.3 is 6.18 Å². The molecule has 0 spiro atoms. The van der Waals surface area contributed by atoms with E-state index >= 15 is 0 Å². The van der Waals surface area contributed by atoms with Crippen molar-refractivity contribution in [2.75, 3.05) is 0 Å². The van der Waals surface area contributed by atoms with E-state index in [1.165, 1.54) is 59.7 Å². The van der Waals surface area contributed by atoms with Gasteiger partial charge in [0.2, 0.25) is 5.88 Å². The van der Waals surface area contributed by atoms with Crippen LogP contribution in [0, 0.1) is 5.82 Å². The SMILES string of the molecule is O=c1ncn(-c2cccnc2-c2ccc(Cl)cc2F)c2ccc(Oc3ncc(S(=O)c4ccccn4)cc3C(F)(F)F)cc12. The maximum absolute atomic E-state index is 14.8. The lowest BCUT2D eigenvalue weighted by Crippen LogP contribution is -2.13. The Morgan fingerprint density at radius 1 is 0.886 bits per heavy atom. The predicted octanol–water partition coefficient (Wildman–Crippen LogP) is 7.01. The summed E-state index contributed by atoms with van der Waals surface area (Å²) in [4.78, 5) is 28.5. The molecule has 220 valence electrons. The Bertz CT molecular complexity index is 2130. The molecule has 0 amide bonds. The maximum atomic E-state index is 14.8. The number of hydrogen-bond donors (Lipinski definition) is 0. The Hall–Kier alpha value is -5.01. The molecule has 6 aromatic rings. The number of alkyl halides is 3. The second kappa shape index (κ2) is 11.6. The van der Waals surface area contributed by atoms with E-state index in [-0.39, 0.29) is 37.3 Å². The molecule has 0 aliphatic heterocycles. The van der Waals surface area contributed by atoms with Crippen molar-refractivity contribution in [1.29, 1.82) is 0 Å². The lowest BCUT2D eigenvalue weighted by Gasteiger charge is -2.16. The minimum absolute atomic E-state index is 0.00202. The van der Waals surface area contributed by atoms with E-state index < -0.39 is 39.8 Å². The van der Waals surface area contributed by atoms with Crippen LogP contribution in [0.15, 0.2) is 112 Å². The maximum Gasteiger partial charge on any atom is 0.421 e. The number of nitrogens with zero attached hydrogens (tertiary/aromatic N) is 5. The molecule has 0 radical (unpaired) electrons. The highest BCUT2D eigenvalue weighted by molar-refractivity contribution is 7.85. The molecule has 0 saturated heterocycles. The molecule has 1 atom stereocenters. The first kappa shape index (κ1) is 29.1. The molecule has 14 heteroatoms. The number of aromatic nitrogens is 5. The first-order valence-corrected chi connectivity index (χ1v) is 14.1. The molecule has 0 saturated carbocycles. The molecule has 0 aliphatic carbocycles. The van der Waals surface area contributed by atoms with Gasteiger partial charge in [-0.05, 0) is 66.7 Å². The van der Waals surface area contributed by atoms with Crippen molar-refractivity contribution in [3.63, 3.8) is 0 Å². The van der Waals surface area contributed by atoms with Gasteiger partial charge in [-0.15, -0.1) is 0 Å². The van der Waals surface area contributed by atoms with Crippen molar-refractivity contribution in [2.45, 2.75) is 16.1 Å². The van der Waals surface area contributed by atoms with Crippen molar-refractivity contribution in [1.82, 2.24) is 24.5 Å². The van der Waals surface area contributed by atoms with Gasteiger partial charge in [-0.25, -0.2) is 18.6 Å². The largest absolute Gasteiger partial charge is 0.438 e. The van der Waals surface area contributed by atoms with Gasteiger partial charge in [-0.3, -0.25) is 14.3 Å². The Labute approximate surface area is 253 Å². The predicted molar refractivity (Wildman–Crippen MR) is 154 cm³/mol. The van der Waals surface area contributed by atoms with Crippen molar-refractivity contribution >= 4 is 33.3 Å². The summed E-state index contributed by atoms with van der Waals surface area (Å²) in [6.45, 7) is 0. The molecular formula is C30H16ClF4N5O3S. The zero-order valence-corrected chi connectivity index (χ0v) is 23.6. The van der Waals surface area contributed by atoms with Crippen LogP contribution in [0.1, 0.15) is 5.56 Å². The van der Waals surface area contributed by atoms with Gasteiger partial charge in [0.15, 0.2) is 0 Å². The summed E-state index contributed by atoms with van der Waals surface area (Å²) >= 11 is 5.91. The van der Waals surface area contributed by atoms with Crippen LogP contribution in [-0.2, 0) is 17.0 Å². The number of rotatable bonds is 6. The van der Waals surface area contributed by atoms with Crippen molar-refractivity contribution in [2.24, 2.45) is 0 Å². The van der Waals surface area contributed by atoms with Gasteiger partial charge < -0.3 is 4.74 Å². The molecule has 4 heterocycles. The second-order valence-corrected chi connectivity index (χ2v) is 11.0. The third-order valence-electron chi connectivity index (χ3n) is 6.37. The van der Waals surface area contributed by atoms with E-state index in [1.54, 1.807) is 24.3 Å². The molecule has 44 heavy (non-hydrogen) atoms. The zero-order chi connectivity index (χ0) is 31.0. The van der Waals surface area contributed by atoms with Crippen LogP contribution in [-0.4, -0.2) is 28.7 Å². The number of pyridine rings is 3. The number of ether oxygens (including phenoxy) is 1. The number of halogens is 5. The van der Waals surface area contributed by atoms with Gasteiger partial charge in [0, 0.05) is 29.2 Å². The summed E-state index contributed by atoms with van der Waals surface area (Å²) in [6.07, 6.45) is 0.176. The molecule has 8 nitrogen and oxygen atoms in total. The molecule has 1 unspecified atom stereocenters. The van der Waals surface area contributed by atoms with Gasteiger partial charge in [0.25, 0.3) is 5.56 Å². The van der Waals surface area contributed by atoms with Crippen LogP contribution in [0.25, 0.3) is 27.8 Å². The molecular weight excluding hydrogens is 622 g/mol. The molecule has 0 bridgehead atoms.